The average Bonchev–Trinajstić information content (AvgIpc) is 3.29. The van der Waals surface area contributed by atoms with Crippen LogP contribution in [0.3, 0.4) is 0 Å². The number of nitrogens with one attached hydrogen (secondary N) is 1. The van der Waals surface area contributed by atoms with Gasteiger partial charge in [0, 0.05) is 32.2 Å². The van der Waals surface area contributed by atoms with E-state index in [1.165, 1.54) is 15.6 Å². The van der Waals surface area contributed by atoms with E-state index in [1.54, 1.807) is 11.4 Å². The molecule has 3 rings (SSSR count). The summed E-state index contributed by atoms with van der Waals surface area (Å²) in [6, 6.07) is 1.70. The van der Waals surface area contributed by atoms with Crippen molar-refractivity contribution in [2.24, 2.45) is 0 Å². The van der Waals surface area contributed by atoms with Gasteiger partial charge >= 0.3 is 0 Å². The molecule has 1 N–H and O–H groups in total. The third-order valence-corrected chi connectivity index (χ3v) is 7.96. The van der Waals surface area contributed by atoms with Gasteiger partial charge in [0.2, 0.25) is 10.0 Å². The number of nitrogens with zero attached hydrogens (tertiary/aromatic N) is 2. The van der Waals surface area contributed by atoms with Crippen molar-refractivity contribution >= 4 is 27.3 Å². The maximum atomic E-state index is 12.8. The van der Waals surface area contributed by atoms with Crippen LogP contribution in [-0.2, 0) is 10.0 Å². The Labute approximate surface area is 154 Å². The highest BCUT2D eigenvalue weighted by Gasteiger charge is 2.32. The molecule has 25 heavy (non-hydrogen) atoms. The molecule has 0 aromatic carbocycles. The fourth-order valence-corrected chi connectivity index (χ4v) is 6.42. The zero-order chi connectivity index (χ0) is 17.9. The van der Waals surface area contributed by atoms with Crippen molar-refractivity contribution in [2.45, 2.75) is 50.0 Å². The second-order valence-corrected chi connectivity index (χ2v) is 9.64. The standard InChI is InChI=1S/C17H27N3O3S2/c1-2-8-19-11-5-14(6-12-19)18-17(21)16-15(7-13-24-16)25(22,23)20-9-3-4-10-20/h7,13-14H,2-6,8-12H2,1H3,(H,18,21). The minimum atomic E-state index is -3.55. The first-order valence-electron chi connectivity index (χ1n) is 9.13. The number of piperidine rings is 1. The largest absolute Gasteiger partial charge is 0.348 e. The molecule has 0 atom stereocenters. The Morgan fingerprint density at radius 2 is 1.92 bits per heavy atom. The number of carbonyl (C=O) groups is 1. The molecule has 0 spiro atoms. The maximum absolute atomic E-state index is 12.8. The Kier molecular flexibility index (Phi) is 6.14. The van der Waals surface area contributed by atoms with Crippen molar-refractivity contribution < 1.29 is 13.2 Å². The van der Waals surface area contributed by atoms with Crippen LogP contribution in [0.4, 0.5) is 0 Å². The van der Waals surface area contributed by atoms with Gasteiger partial charge in [0.1, 0.15) is 9.77 Å². The quantitative estimate of drug-likeness (QED) is 0.814. The van der Waals surface area contributed by atoms with Crippen LogP contribution in [0.25, 0.3) is 0 Å². The summed E-state index contributed by atoms with van der Waals surface area (Å²) in [5.41, 5.74) is 0. The molecule has 140 valence electrons. The molecular formula is C17H27N3O3S2. The molecule has 3 heterocycles. The molecule has 0 unspecified atom stereocenters. The Hall–Kier alpha value is -0.960. The van der Waals surface area contributed by atoms with Crippen molar-refractivity contribution in [2.75, 3.05) is 32.7 Å². The maximum Gasteiger partial charge on any atom is 0.262 e. The fraction of sp³-hybridized carbons (Fsp3) is 0.706. The summed E-state index contributed by atoms with van der Waals surface area (Å²) in [6.07, 6.45) is 4.77. The predicted octanol–water partition coefficient (Wildman–Crippen LogP) is 2.14. The Bertz CT molecular complexity index is 688. The van der Waals surface area contributed by atoms with Crippen LogP contribution in [0.1, 0.15) is 48.7 Å². The number of hydrogen-bond acceptors (Lipinski definition) is 5. The zero-order valence-corrected chi connectivity index (χ0v) is 16.4. The molecule has 2 fully saturated rings. The van der Waals surface area contributed by atoms with Crippen LogP contribution in [0.2, 0.25) is 0 Å². The Morgan fingerprint density at radius 3 is 2.56 bits per heavy atom. The molecule has 0 saturated carbocycles. The molecule has 2 aliphatic heterocycles. The van der Waals surface area contributed by atoms with Gasteiger partial charge in [-0.1, -0.05) is 6.92 Å². The lowest BCUT2D eigenvalue weighted by atomic mass is 10.0. The fourth-order valence-electron chi connectivity index (χ4n) is 3.60. The van der Waals surface area contributed by atoms with Crippen molar-refractivity contribution in [3.63, 3.8) is 0 Å². The van der Waals surface area contributed by atoms with Gasteiger partial charge in [-0.05, 0) is 50.1 Å². The average molecular weight is 386 g/mol. The SMILES string of the molecule is CCCN1CCC(NC(=O)c2sccc2S(=O)(=O)N2CCCC2)CC1. The molecule has 2 aliphatic rings. The first-order valence-corrected chi connectivity index (χ1v) is 11.4. The smallest absolute Gasteiger partial charge is 0.262 e. The third kappa shape index (κ3) is 4.24. The second kappa shape index (κ2) is 8.16. The van der Waals surface area contributed by atoms with E-state index >= 15 is 0 Å². The summed E-state index contributed by atoms with van der Waals surface area (Å²) >= 11 is 1.21. The molecule has 2 saturated heterocycles. The van der Waals surface area contributed by atoms with Gasteiger partial charge in [-0.2, -0.15) is 4.31 Å². The summed E-state index contributed by atoms with van der Waals surface area (Å²) in [4.78, 5) is 15.6. The highest BCUT2D eigenvalue weighted by molar-refractivity contribution is 7.89. The second-order valence-electron chi connectivity index (χ2n) is 6.81. The van der Waals surface area contributed by atoms with Crippen LogP contribution in [0.15, 0.2) is 16.3 Å². The third-order valence-electron chi connectivity index (χ3n) is 4.98. The molecule has 6 nitrogen and oxygen atoms in total. The summed E-state index contributed by atoms with van der Waals surface area (Å²) in [6.45, 7) is 6.35. The van der Waals surface area contributed by atoms with Gasteiger partial charge in [0.15, 0.2) is 0 Å². The molecule has 8 heteroatoms. The van der Waals surface area contributed by atoms with E-state index < -0.39 is 10.0 Å². The van der Waals surface area contributed by atoms with Crippen molar-refractivity contribution in [3.8, 4) is 0 Å². The van der Waals surface area contributed by atoms with Gasteiger partial charge in [-0.15, -0.1) is 11.3 Å². The molecule has 0 bridgehead atoms. The Balaban J connectivity index is 1.65. The first-order chi connectivity index (χ1) is 12.0. The van der Waals surface area contributed by atoms with Crippen molar-refractivity contribution in [3.05, 3.63) is 16.3 Å². The van der Waals surface area contributed by atoms with Crippen molar-refractivity contribution in [1.29, 1.82) is 0 Å². The molecule has 0 radical (unpaired) electrons. The summed E-state index contributed by atoms with van der Waals surface area (Å²) in [5.74, 6) is -0.248. The van der Waals surface area contributed by atoms with Crippen LogP contribution in [-0.4, -0.2) is 62.3 Å². The predicted molar refractivity (Wildman–Crippen MR) is 99.5 cm³/mol. The summed E-state index contributed by atoms with van der Waals surface area (Å²) in [7, 11) is -3.55. The lowest BCUT2D eigenvalue weighted by Crippen LogP contribution is -2.45. The van der Waals surface area contributed by atoms with E-state index in [0.29, 0.717) is 18.0 Å². The molecule has 1 aromatic rings. The number of carbonyl (C=O) groups excluding carboxylic acids is 1. The van der Waals surface area contributed by atoms with Crippen molar-refractivity contribution in [1.82, 2.24) is 14.5 Å². The lowest BCUT2D eigenvalue weighted by Gasteiger charge is -2.32. The number of thiophene rings is 1. The number of hydrogen-bond donors (Lipinski definition) is 1. The van der Waals surface area contributed by atoms with E-state index in [0.717, 1.165) is 51.7 Å². The van der Waals surface area contributed by atoms with E-state index in [1.807, 2.05) is 0 Å². The molecule has 1 aromatic heterocycles. The van der Waals surface area contributed by atoms with Gasteiger partial charge in [-0.25, -0.2) is 8.42 Å². The highest BCUT2D eigenvalue weighted by atomic mass is 32.2. The number of sulfonamides is 1. The molecular weight excluding hydrogens is 358 g/mol. The van der Waals surface area contributed by atoms with E-state index in [4.69, 9.17) is 0 Å². The van der Waals surface area contributed by atoms with Gasteiger partial charge in [0.25, 0.3) is 5.91 Å². The van der Waals surface area contributed by atoms with Crippen LogP contribution < -0.4 is 5.32 Å². The van der Waals surface area contributed by atoms with Crippen LogP contribution >= 0.6 is 11.3 Å². The van der Waals surface area contributed by atoms with Crippen LogP contribution in [0.5, 0.6) is 0 Å². The van der Waals surface area contributed by atoms with Gasteiger partial charge in [0.05, 0.1) is 0 Å². The summed E-state index contributed by atoms with van der Waals surface area (Å²) in [5, 5.41) is 4.75. The number of amides is 1. The van der Waals surface area contributed by atoms with E-state index in [9.17, 15) is 13.2 Å². The minimum absolute atomic E-state index is 0.130. The molecule has 1 amide bonds. The number of rotatable bonds is 6. The van der Waals surface area contributed by atoms with Crippen LogP contribution in [0, 0.1) is 0 Å². The zero-order valence-electron chi connectivity index (χ0n) is 14.7. The van der Waals surface area contributed by atoms with E-state index in [2.05, 4.69) is 17.1 Å². The highest BCUT2D eigenvalue weighted by Crippen LogP contribution is 2.28. The molecule has 0 aliphatic carbocycles. The normalized spacial score (nSPS) is 20.8. The monoisotopic (exact) mass is 385 g/mol. The van der Waals surface area contributed by atoms with Gasteiger partial charge < -0.3 is 10.2 Å². The Morgan fingerprint density at radius 1 is 1.24 bits per heavy atom. The summed E-state index contributed by atoms with van der Waals surface area (Å²) < 4.78 is 27.0. The topological polar surface area (TPSA) is 69.7 Å². The lowest BCUT2D eigenvalue weighted by molar-refractivity contribution is 0.0912. The van der Waals surface area contributed by atoms with Gasteiger partial charge in [-0.3, -0.25) is 4.79 Å². The van der Waals surface area contributed by atoms with E-state index in [-0.39, 0.29) is 16.8 Å². The minimum Gasteiger partial charge on any atom is -0.348 e. The number of likely N-dealkylation sites (tertiary alicyclic amines) is 1. The first kappa shape index (κ1) is 18.8.